The highest BCUT2D eigenvalue weighted by Gasteiger charge is 2.25. The van der Waals surface area contributed by atoms with Crippen molar-refractivity contribution in [3.63, 3.8) is 0 Å². The Morgan fingerprint density at radius 3 is 2.47 bits per heavy atom. The predicted molar refractivity (Wildman–Crippen MR) is 74.3 cm³/mol. The van der Waals surface area contributed by atoms with Crippen molar-refractivity contribution in [2.75, 3.05) is 11.0 Å². The molecule has 0 atom stereocenters. The first-order valence-corrected chi connectivity index (χ1v) is 8.18. The molecule has 5 nitrogen and oxygen atoms in total. The van der Waals surface area contributed by atoms with Crippen molar-refractivity contribution >= 4 is 15.7 Å². The molecule has 1 fully saturated rings. The molecule has 1 N–H and O–H groups in total. The summed E-state index contributed by atoms with van der Waals surface area (Å²) in [5, 5.41) is 0. The smallest absolute Gasteiger partial charge is 0.229 e. The highest BCUT2D eigenvalue weighted by atomic mass is 32.2. The van der Waals surface area contributed by atoms with Gasteiger partial charge in [0.25, 0.3) is 0 Å². The fourth-order valence-electron chi connectivity index (χ4n) is 1.59. The van der Waals surface area contributed by atoms with Gasteiger partial charge >= 0.3 is 0 Å². The highest BCUT2D eigenvalue weighted by Crippen LogP contribution is 2.36. The Hall–Kier alpha value is -1.43. The van der Waals surface area contributed by atoms with E-state index < -0.39 is 10.0 Å². The van der Waals surface area contributed by atoms with Gasteiger partial charge in [-0.05, 0) is 38.8 Å². The number of hydrogen-bond acceptors (Lipinski definition) is 4. The van der Waals surface area contributed by atoms with Gasteiger partial charge in [-0.2, -0.15) is 0 Å². The van der Waals surface area contributed by atoms with Crippen molar-refractivity contribution in [2.45, 2.75) is 38.9 Å². The lowest BCUT2D eigenvalue weighted by Gasteiger charge is -2.16. The zero-order valence-corrected chi connectivity index (χ0v) is 12.2. The molecule has 1 aliphatic rings. The molecule has 0 radical (unpaired) electrons. The maximum Gasteiger partial charge on any atom is 0.229 e. The number of ether oxygens (including phenoxy) is 2. The number of rotatable bonds is 6. The molecule has 0 amide bonds. The molecule has 0 spiro atoms. The van der Waals surface area contributed by atoms with E-state index in [2.05, 4.69) is 4.72 Å². The van der Waals surface area contributed by atoms with E-state index in [4.69, 9.17) is 9.47 Å². The zero-order valence-electron chi connectivity index (χ0n) is 11.3. The predicted octanol–water partition coefficient (Wildman–Crippen LogP) is 2.39. The van der Waals surface area contributed by atoms with Gasteiger partial charge in [-0.3, -0.25) is 4.72 Å². The van der Waals surface area contributed by atoms with Gasteiger partial charge in [0.15, 0.2) is 11.5 Å². The van der Waals surface area contributed by atoms with Crippen LogP contribution < -0.4 is 14.2 Å². The summed E-state index contributed by atoms with van der Waals surface area (Å²) in [7, 11) is -3.29. The summed E-state index contributed by atoms with van der Waals surface area (Å²) in [6, 6.07) is 5.06. The summed E-state index contributed by atoms with van der Waals surface area (Å²) in [5.41, 5.74) is 0.473. The van der Waals surface area contributed by atoms with Gasteiger partial charge in [0.1, 0.15) is 0 Å². The third-order valence-corrected chi connectivity index (χ3v) is 3.03. The van der Waals surface area contributed by atoms with Crippen LogP contribution in [-0.4, -0.2) is 26.9 Å². The summed E-state index contributed by atoms with van der Waals surface area (Å²) in [5.74, 6) is 1.23. The maximum absolute atomic E-state index is 11.2. The number of hydrogen-bond donors (Lipinski definition) is 1. The Morgan fingerprint density at radius 1 is 1.26 bits per heavy atom. The van der Waals surface area contributed by atoms with E-state index in [0.717, 1.165) is 19.1 Å². The molecule has 0 aliphatic heterocycles. The van der Waals surface area contributed by atoms with Crippen LogP contribution in [-0.2, 0) is 10.0 Å². The number of nitrogens with one attached hydrogen (secondary N) is 1. The van der Waals surface area contributed by atoms with Gasteiger partial charge in [-0.25, -0.2) is 8.42 Å². The number of anilines is 1. The van der Waals surface area contributed by atoms with Crippen molar-refractivity contribution in [3.05, 3.63) is 18.2 Å². The van der Waals surface area contributed by atoms with E-state index in [1.54, 1.807) is 18.2 Å². The minimum atomic E-state index is -3.29. The topological polar surface area (TPSA) is 64.6 Å². The average Bonchev–Trinajstić information content (AvgIpc) is 3.02. The highest BCUT2D eigenvalue weighted by molar-refractivity contribution is 7.92. The molecule has 6 heteroatoms. The quantitative estimate of drug-likeness (QED) is 0.871. The second kappa shape index (κ2) is 5.28. The molecule has 1 aromatic rings. The molecule has 0 bridgehead atoms. The summed E-state index contributed by atoms with van der Waals surface area (Å²) >= 11 is 0. The van der Waals surface area contributed by atoms with Gasteiger partial charge < -0.3 is 9.47 Å². The van der Waals surface area contributed by atoms with Crippen LogP contribution in [0, 0.1) is 0 Å². The Morgan fingerprint density at radius 2 is 1.95 bits per heavy atom. The van der Waals surface area contributed by atoms with Crippen LogP contribution in [0.15, 0.2) is 18.2 Å². The van der Waals surface area contributed by atoms with E-state index in [9.17, 15) is 8.42 Å². The maximum atomic E-state index is 11.2. The van der Waals surface area contributed by atoms with Crippen LogP contribution in [0.25, 0.3) is 0 Å². The standard InChI is InChI=1S/C13H19NO4S/c1-9(2)17-13-8-10(14-19(3,15)16)4-7-12(13)18-11-5-6-11/h4,7-9,11,14H,5-6H2,1-3H3. The molecule has 106 valence electrons. The third kappa shape index (κ3) is 4.63. The minimum absolute atomic E-state index is 0.00460. The molecular formula is C13H19NO4S. The molecule has 19 heavy (non-hydrogen) atoms. The Bertz CT molecular complexity index is 550. The summed E-state index contributed by atoms with van der Waals surface area (Å²) in [6.07, 6.45) is 3.50. The van der Waals surface area contributed by atoms with Crippen LogP contribution in [0.5, 0.6) is 11.5 Å². The molecular weight excluding hydrogens is 266 g/mol. The van der Waals surface area contributed by atoms with Gasteiger partial charge in [0, 0.05) is 6.07 Å². The van der Waals surface area contributed by atoms with E-state index in [-0.39, 0.29) is 12.2 Å². The lowest BCUT2D eigenvalue weighted by molar-refractivity contribution is 0.218. The molecule has 1 aromatic carbocycles. The lowest BCUT2D eigenvalue weighted by atomic mass is 10.3. The van der Waals surface area contributed by atoms with E-state index in [1.165, 1.54) is 0 Å². The van der Waals surface area contributed by atoms with Crippen LogP contribution in [0.4, 0.5) is 5.69 Å². The van der Waals surface area contributed by atoms with Crippen molar-refractivity contribution in [2.24, 2.45) is 0 Å². The monoisotopic (exact) mass is 285 g/mol. The minimum Gasteiger partial charge on any atom is -0.487 e. The summed E-state index contributed by atoms with van der Waals surface area (Å²) < 4.78 is 36.3. The largest absolute Gasteiger partial charge is 0.487 e. The molecule has 2 rings (SSSR count). The zero-order chi connectivity index (χ0) is 14.0. The van der Waals surface area contributed by atoms with Gasteiger partial charge in [-0.1, -0.05) is 0 Å². The second-order valence-corrected chi connectivity index (χ2v) is 6.77. The van der Waals surface area contributed by atoms with Gasteiger partial charge in [0.05, 0.1) is 24.2 Å². The number of benzene rings is 1. The van der Waals surface area contributed by atoms with Crippen molar-refractivity contribution in [1.29, 1.82) is 0 Å². The van der Waals surface area contributed by atoms with Crippen molar-refractivity contribution in [3.8, 4) is 11.5 Å². The fourth-order valence-corrected chi connectivity index (χ4v) is 2.15. The molecule has 0 saturated heterocycles. The third-order valence-electron chi connectivity index (χ3n) is 2.43. The van der Waals surface area contributed by atoms with Gasteiger partial charge in [-0.15, -0.1) is 0 Å². The SMILES string of the molecule is CC(C)Oc1cc(NS(C)(=O)=O)ccc1OC1CC1. The fraction of sp³-hybridized carbons (Fsp3) is 0.538. The van der Waals surface area contributed by atoms with Crippen LogP contribution >= 0.6 is 0 Å². The first kappa shape index (κ1) is 14.0. The Labute approximate surface area is 114 Å². The van der Waals surface area contributed by atoms with Crippen molar-refractivity contribution in [1.82, 2.24) is 0 Å². The average molecular weight is 285 g/mol. The molecule has 0 heterocycles. The van der Waals surface area contributed by atoms with Gasteiger partial charge in [0.2, 0.25) is 10.0 Å². The first-order chi connectivity index (χ1) is 8.83. The summed E-state index contributed by atoms with van der Waals surface area (Å²) in [6.45, 7) is 3.83. The van der Waals surface area contributed by atoms with E-state index in [0.29, 0.717) is 17.2 Å². The molecule has 0 unspecified atom stereocenters. The second-order valence-electron chi connectivity index (χ2n) is 5.02. The molecule has 0 aromatic heterocycles. The summed E-state index contributed by atoms with van der Waals surface area (Å²) in [4.78, 5) is 0. The molecule has 1 saturated carbocycles. The number of sulfonamides is 1. The van der Waals surface area contributed by atoms with Crippen LogP contribution in [0.3, 0.4) is 0 Å². The van der Waals surface area contributed by atoms with Crippen molar-refractivity contribution < 1.29 is 17.9 Å². The van der Waals surface area contributed by atoms with Crippen LogP contribution in [0.2, 0.25) is 0 Å². The normalized spacial score (nSPS) is 15.4. The van der Waals surface area contributed by atoms with E-state index >= 15 is 0 Å². The van der Waals surface area contributed by atoms with Crippen LogP contribution in [0.1, 0.15) is 26.7 Å². The Balaban J connectivity index is 2.23. The Kier molecular flexibility index (Phi) is 3.89. The first-order valence-electron chi connectivity index (χ1n) is 6.28. The van der Waals surface area contributed by atoms with E-state index in [1.807, 2.05) is 13.8 Å². The lowest BCUT2D eigenvalue weighted by Crippen LogP contribution is -2.11. The molecule has 1 aliphatic carbocycles.